The van der Waals surface area contributed by atoms with E-state index in [1.165, 1.54) is 6.07 Å². The van der Waals surface area contributed by atoms with Gasteiger partial charge in [-0.2, -0.15) is 0 Å². The van der Waals surface area contributed by atoms with Crippen LogP contribution in [0.2, 0.25) is 5.02 Å². The topological polar surface area (TPSA) is 9.23 Å². The molecule has 0 aliphatic carbocycles. The molecule has 2 aromatic carbocycles. The molecular formula is C15H14ClFO. The van der Waals surface area contributed by atoms with Crippen LogP contribution in [-0.4, -0.2) is 6.61 Å². The van der Waals surface area contributed by atoms with Gasteiger partial charge in [-0.15, -0.1) is 0 Å². The lowest BCUT2D eigenvalue weighted by Gasteiger charge is -2.09. The number of rotatable bonds is 3. The fourth-order valence-corrected chi connectivity index (χ4v) is 2.02. The average molecular weight is 265 g/mol. The van der Waals surface area contributed by atoms with Crippen molar-refractivity contribution in [1.29, 1.82) is 0 Å². The maximum Gasteiger partial charge on any atom is 0.165 e. The Morgan fingerprint density at radius 1 is 1.17 bits per heavy atom. The molecule has 0 fully saturated rings. The predicted molar refractivity (Wildman–Crippen MR) is 72.8 cm³/mol. The molecule has 0 atom stereocenters. The van der Waals surface area contributed by atoms with Crippen molar-refractivity contribution in [3.8, 4) is 16.9 Å². The average Bonchev–Trinajstić information content (AvgIpc) is 2.35. The Bertz CT molecular complexity index is 566. The van der Waals surface area contributed by atoms with E-state index in [0.717, 1.165) is 16.7 Å². The Morgan fingerprint density at radius 2 is 1.94 bits per heavy atom. The highest BCUT2D eigenvalue weighted by atomic mass is 35.5. The molecule has 0 saturated heterocycles. The first-order chi connectivity index (χ1) is 8.61. The molecule has 0 amide bonds. The Hall–Kier alpha value is -1.54. The predicted octanol–water partition coefficient (Wildman–Crippen LogP) is 4.85. The van der Waals surface area contributed by atoms with Crippen molar-refractivity contribution < 1.29 is 9.13 Å². The number of hydrogen-bond acceptors (Lipinski definition) is 1. The summed E-state index contributed by atoms with van der Waals surface area (Å²) in [5.74, 6) is -0.0744. The Balaban J connectivity index is 2.45. The van der Waals surface area contributed by atoms with Crippen LogP contribution in [0.3, 0.4) is 0 Å². The highest BCUT2D eigenvalue weighted by Crippen LogP contribution is 2.29. The summed E-state index contributed by atoms with van der Waals surface area (Å²) in [6.07, 6.45) is 0. The van der Waals surface area contributed by atoms with Crippen LogP contribution < -0.4 is 4.74 Å². The fraction of sp³-hybridized carbons (Fsp3) is 0.200. The van der Waals surface area contributed by atoms with Crippen molar-refractivity contribution in [2.45, 2.75) is 13.8 Å². The summed E-state index contributed by atoms with van der Waals surface area (Å²) < 4.78 is 19.0. The van der Waals surface area contributed by atoms with E-state index in [4.69, 9.17) is 16.3 Å². The largest absolute Gasteiger partial charge is 0.491 e. The lowest BCUT2D eigenvalue weighted by molar-refractivity contribution is 0.321. The van der Waals surface area contributed by atoms with E-state index in [2.05, 4.69) is 0 Å². The van der Waals surface area contributed by atoms with Gasteiger partial charge in [-0.3, -0.25) is 0 Å². The minimum absolute atomic E-state index is 0.279. The summed E-state index contributed by atoms with van der Waals surface area (Å²) in [5, 5.41) is 0.643. The molecular weight excluding hydrogens is 251 g/mol. The summed E-state index contributed by atoms with van der Waals surface area (Å²) in [5.41, 5.74) is 2.79. The summed E-state index contributed by atoms with van der Waals surface area (Å²) >= 11 is 5.97. The van der Waals surface area contributed by atoms with Gasteiger partial charge < -0.3 is 4.74 Å². The number of hydrogen-bond donors (Lipinski definition) is 0. The third kappa shape index (κ3) is 2.65. The van der Waals surface area contributed by atoms with Gasteiger partial charge in [0.1, 0.15) is 0 Å². The standard InChI is InChI=1S/C15H14ClFO/c1-3-18-15-7-5-11(8-14(15)17)13-9-12(16)6-4-10(13)2/h4-9H,3H2,1-2H3. The first kappa shape index (κ1) is 12.9. The van der Waals surface area contributed by atoms with Gasteiger partial charge in [0.25, 0.3) is 0 Å². The van der Waals surface area contributed by atoms with Crippen LogP contribution in [0.1, 0.15) is 12.5 Å². The zero-order valence-electron chi connectivity index (χ0n) is 10.3. The van der Waals surface area contributed by atoms with Gasteiger partial charge in [0, 0.05) is 5.02 Å². The molecule has 1 nitrogen and oxygen atoms in total. The quantitative estimate of drug-likeness (QED) is 0.770. The van der Waals surface area contributed by atoms with Gasteiger partial charge in [0.15, 0.2) is 11.6 Å². The molecule has 18 heavy (non-hydrogen) atoms. The molecule has 0 aromatic heterocycles. The third-order valence-corrected chi connectivity index (χ3v) is 2.98. The van der Waals surface area contributed by atoms with Crippen LogP contribution in [0, 0.1) is 12.7 Å². The molecule has 0 aliphatic rings. The Kier molecular flexibility index (Phi) is 3.87. The fourth-order valence-electron chi connectivity index (χ4n) is 1.85. The molecule has 0 aliphatic heterocycles. The maximum atomic E-state index is 13.8. The van der Waals surface area contributed by atoms with Crippen LogP contribution in [0.5, 0.6) is 5.75 Å². The van der Waals surface area contributed by atoms with Gasteiger partial charge in [0.2, 0.25) is 0 Å². The van der Waals surface area contributed by atoms with Crippen LogP contribution in [0.4, 0.5) is 4.39 Å². The summed E-state index contributed by atoms with van der Waals surface area (Å²) in [6, 6.07) is 10.5. The molecule has 0 N–H and O–H groups in total. The Morgan fingerprint density at radius 3 is 2.61 bits per heavy atom. The van der Waals surface area contributed by atoms with Crippen molar-refractivity contribution in [3.63, 3.8) is 0 Å². The number of halogens is 2. The molecule has 0 spiro atoms. The first-order valence-electron chi connectivity index (χ1n) is 5.80. The molecule has 0 heterocycles. The van der Waals surface area contributed by atoms with Gasteiger partial charge in [-0.25, -0.2) is 4.39 Å². The second-order valence-corrected chi connectivity index (χ2v) is 4.47. The monoisotopic (exact) mass is 264 g/mol. The maximum absolute atomic E-state index is 13.8. The minimum atomic E-state index is -0.353. The normalized spacial score (nSPS) is 10.4. The molecule has 0 bridgehead atoms. The zero-order valence-corrected chi connectivity index (χ0v) is 11.1. The van der Waals surface area contributed by atoms with Crippen LogP contribution in [0.15, 0.2) is 36.4 Å². The van der Waals surface area contributed by atoms with Crippen LogP contribution in [-0.2, 0) is 0 Å². The van der Waals surface area contributed by atoms with E-state index in [-0.39, 0.29) is 11.6 Å². The van der Waals surface area contributed by atoms with E-state index in [1.54, 1.807) is 6.07 Å². The van der Waals surface area contributed by atoms with Gasteiger partial charge in [-0.1, -0.05) is 23.7 Å². The zero-order chi connectivity index (χ0) is 13.1. The van der Waals surface area contributed by atoms with Crippen molar-refractivity contribution in [3.05, 3.63) is 52.8 Å². The number of benzene rings is 2. The second kappa shape index (κ2) is 5.40. The summed E-state index contributed by atoms with van der Waals surface area (Å²) in [6.45, 7) is 4.25. The van der Waals surface area contributed by atoms with E-state index in [0.29, 0.717) is 11.6 Å². The van der Waals surface area contributed by atoms with Gasteiger partial charge >= 0.3 is 0 Å². The van der Waals surface area contributed by atoms with E-state index in [9.17, 15) is 4.39 Å². The Labute approximate surface area is 111 Å². The minimum Gasteiger partial charge on any atom is -0.491 e. The highest BCUT2D eigenvalue weighted by molar-refractivity contribution is 6.30. The van der Waals surface area contributed by atoms with Gasteiger partial charge in [-0.05, 0) is 54.8 Å². The first-order valence-corrected chi connectivity index (χ1v) is 6.18. The summed E-state index contributed by atoms with van der Waals surface area (Å²) in [4.78, 5) is 0. The molecule has 3 heteroatoms. The number of ether oxygens (including phenoxy) is 1. The van der Waals surface area contributed by atoms with E-state index >= 15 is 0 Å². The molecule has 0 radical (unpaired) electrons. The SMILES string of the molecule is CCOc1ccc(-c2cc(Cl)ccc2C)cc1F. The molecule has 2 rings (SSSR count). The molecule has 2 aromatic rings. The van der Waals surface area contributed by atoms with Crippen LogP contribution >= 0.6 is 11.6 Å². The second-order valence-electron chi connectivity index (χ2n) is 4.04. The van der Waals surface area contributed by atoms with E-state index < -0.39 is 0 Å². The smallest absolute Gasteiger partial charge is 0.165 e. The summed E-state index contributed by atoms with van der Waals surface area (Å²) in [7, 11) is 0. The highest BCUT2D eigenvalue weighted by Gasteiger charge is 2.08. The van der Waals surface area contributed by atoms with Gasteiger partial charge in [0.05, 0.1) is 6.61 Å². The van der Waals surface area contributed by atoms with E-state index in [1.807, 2.05) is 38.1 Å². The van der Waals surface area contributed by atoms with Crippen molar-refractivity contribution in [1.82, 2.24) is 0 Å². The molecule has 0 unspecified atom stereocenters. The van der Waals surface area contributed by atoms with Crippen molar-refractivity contribution in [2.24, 2.45) is 0 Å². The lowest BCUT2D eigenvalue weighted by atomic mass is 10.0. The van der Waals surface area contributed by atoms with Crippen molar-refractivity contribution >= 4 is 11.6 Å². The lowest BCUT2D eigenvalue weighted by Crippen LogP contribution is -1.95. The molecule has 0 saturated carbocycles. The third-order valence-electron chi connectivity index (χ3n) is 2.74. The van der Waals surface area contributed by atoms with Crippen LogP contribution in [0.25, 0.3) is 11.1 Å². The number of aryl methyl sites for hydroxylation is 1. The molecule has 94 valence electrons. The van der Waals surface area contributed by atoms with Crippen molar-refractivity contribution in [2.75, 3.05) is 6.61 Å².